The minimum absolute atomic E-state index is 0.160. The quantitative estimate of drug-likeness (QED) is 0.748. The summed E-state index contributed by atoms with van der Waals surface area (Å²) in [6.07, 6.45) is 3.35. The van der Waals surface area contributed by atoms with Crippen molar-refractivity contribution in [1.82, 2.24) is 0 Å². The fourth-order valence-corrected chi connectivity index (χ4v) is 2.59. The van der Waals surface area contributed by atoms with Crippen molar-refractivity contribution in [2.24, 2.45) is 11.7 Å². The van der Waals surface area contributed by atoms with Crippen molar-refractivity contribution < 1.29 is 9.47 Å². The lowest BCUT2D eigenvalue weighted by Crippen LogP contribution is -2.17. The fourth-order valence-electron chi connectivity index (χ4n) is 2.59. The normalized spacial score (nSPS) is 27.2. The second kappa shape index (κ2) is 4.22. The summed E-state index contributed by atoms with van der Waals surface area (Å²) in [5.74, 6) is 2.20. The molecule has 3 rings (SSSR count). The van der Waals surface area contributed by atoms with Gasteiger partial charge in [0.2, 0.25) is 0 Å². The van der Waals surface area contributed by atoms with Crippen molar-refractivity contribution in [3.63, 3.8) is 0 Å². The SMILES string of the molecule is CC1COc2cc3c(cc2OC1)C(N)CCC3. The fraction of sp³-hybridized carbons (Fsp3) is 0.571. The van der Waals surface area contributed by atoms with Crippen molar-refractivity contribution in [2.75, 3.05) is 13.2 Å². The highest BCUT2D eigenvalue weighted by Gasteiger charge is 2.22. The van der Waals surface area contributed by atoms with Crippen LogP contribution in [0.3, 0.4) is 0 Å². The number of hydrogen-bond acceptors (Lipinski definition) is 3. The van der Waals surface area contributed by atoms with Crippen LogP contribution < -0.4 is 15.2 Å². The maximum Gasteiger partial charge on any atom is 0.161 e. The lowest BCUT2D eigenvalue weighted by molar-refractivity contribution is 0.228. The summed E-state index contributed by atoms with van der Waals surface area (Å²) >= 11 is 0. The largest absolute Gasteiger partial charge is 0.489 e. The first kappa shape index (κ1) is 10.9. The van der Waals surface area contributed by atoms with E-state index in [1.54, 1.807) is 0 Å². The van der Waals surface area contributed by atoms with E-state index in [1.165, 1.54) is 17.5 Å². The standard InChI is InChI=1S/C14H19NO2/c1-9-7-16-13-5-10-3-2-4-12(15)11(10)6-14(13)17-8-9/h5-6,9,12H,2-4,7-8,15H2,1H3. The Hall–Kier alpha value is -1.22. The highest BCUT2D eigenvalue weighted by atomic mass is 16.5. The van der Waals surface area contributed by atoms with Crippen molar-refractivity contribution in [3.8, 4) is 11.5 Å². The van der Waals surface area contributed by atoms with Crippen molar-refractivity contribution in [3.05, 3.63) is 23.3 Å². The molecule has 0 amide bonds. The number of fused-ring (bicyclic) bond motifs is 2. The van der Waals surface area contributed by atoms with Crippen LogP contribution in [-0.2, 0) is 6.42 Å². The number of ether oxygens (including phenoxy) is 2. The van der Waals surface area contributed by atoms with E-state index < -0.39 is 0 Å². The summed E-state index contributed by atoms with van der Waals surface area (Å²) in [4.78, 5) is 0. The Morgan fingerprint density at radius 1 is 1.18 bits per heavy atom. The van der Waals surface area contributed by atoms with Gasteiger partial charge < -0.3 is 15.2 Å². The molecule has 0 bridgehead atoms. The lowest BCUT2D eigenvalue weighted by atomic mass is 9.88. The summed E-state index contributed by atoms with van der Waals surface area (Å²) < 4.78 is 11.6. The molecule has 0 fully saturated rings. The molecular weight excluding hydrogens is 214 g/mol. The van der Waals surface area contributed by atoms with Crippen molar-refractivity contribution in [2.45, 2.75) is 32.2 Å². The van der Waals surface area contributed by atoms with Crippen LogP contribution in [0.5, 0.6) is 11.5 Å². The van der Waals surface area contributed by atoms with Crippen LogP contribution in [0.1, 0.15) is 36.9 Å². The van der Waals surface area contributed by atoms with Gasteiger partial charge in [-0.25, -0.2) is 0 Å². The second-order valence-corrected chi connectivity index (χ2v) is 5.22. The third kappa shape index (κ3) is 2.00. The molecule has 0 saturated carbocycles. The van der Waals surface area contributed by atoms with Crippen LogP contribution >= 0.6 is 0 Å². The van der Waals surface area contributed by atoms with E-state index >= 15 is 0 Å². The molecule has 2 aliphatic rings. The minimum atomic E-state index is 0.160. The zero-order valence-electron chi connectivity index (χ0n) is 10.2. The number of aryl methyl sites for hydroxylation is 1. The summed E-state index contributed by atoms with van der Waals surface area (Å²) in [6, 6.07) is 4.38. The second-order valence-electron chi connectivity index (χ2n) is 5.22. The van der Waals surface area contributed by atoms with Crippen LogP contribution in [0.4, 0.5) is 0 Å². The van der Waals surface area contributed by atoms with Crippen LogP contribution in [-0.4, -0.2) is 13.2 Å². The average Bonchev–Trinajstić information content (AvgIpc) is 2.51. The molecule has 1 aliphatic heterocycles. The Bertz CT molecular complexity index is 430. The minimum Gasteiger partial charge on any atom is -0.489 e. The maximum absolute atomic E-state index is 6.15. The van der Waals surface area contributed by atoms with Gasteiger partial charge in [-0.05, 0) is 42.5 Å². The van der Waals surface area contributed by atoms with Gasteiger partial charge in [-0.15, -0.1) is 0 Å². The molecular formula is C14H19NO2. The molecule has 3 heteroatoms. The highest BCUT2D eigenvalue weighted by molar-refractivity contribution is 5.49. The molecule has 2 N–H and O–H groups in total. The molecule has 17 heavy (non-hydrogen) atoms. The Morgan fingerprint density at radius 3 is 2.65 bits per heavy atom. The van der Waals surface area contributed by atoms with Gasteiger partial charge in [0.15, 0.2) is 11.5 Å². The van der Waals surface area contributed by atoms with Gasteiger partial charge in [0, 0.05) is 12.0 Å². The molecule has 92 valence electrons. The van der Waals surface area contributed by atoms with E-state index in [0.717, 1.165) is 37.6 Å². The molecule has 0 aromatic heterocycles. The zero-order chi connectivity index (χ0) is 11.8. The van der Waals surface area contributed by atoms with Gasteiger partial charge in [0.05, 0.1) is 13.2 Å². The van der Waals surface area contributed by atoms with E-state index in [-0.39, 0.29) is 6.04 Å². The van der Waals surface area contributed by atoms with Crippen LogP contribution in [0.15, 0.2) is 12.1 Å². The summed E-state index contributed by atoms with van der Waals surface area (Å²) in [7, 11) is 0. The molecule has 1 aromatic rings. The zero-order valence-corrected chi connectivity index (χ0v) is 10.2. The van der Waals surface area contributed by atoms with Gasteiger partial charge in [-0.2, -0.15) is 0 Å². The Labute approximate surface area is 102 Å². The van der Waals surface area contributed by atoms with Crippen LogP contribution in [0.25, 0.3) is 0 Å². The third-order valence-electron chi connectivity index (χ3n) is 3.61. The Balaban J connectivity index is 2.00. The molecule has 3 nitrogen and oxygen atoms in total. The predicted molar refractivity (Wildman–Crippen MR) is 66.5 cm³/mol. The summed E-state index contributed by atoms with van der Waals surface area (Å²) in [5, 5.41) is 0. The molecule has 1 heterocycles. The van der Waals surface area contributed by atoms with E-state index in [1.807, 2.05) is 0 Å². The molecule has 0 saturated heterocycles. The van der Waals surface area contributed by atoms with Crippen molar-refractivity contribution >= 4 is 0 Å². The average molecular weight is 233 g/mol. The topological polar surface area (TPSA) is 44.5 Å². The van der Waals surface area contributed by atoms with Crippen LogP contribution in [0, 0.1) is 5.92 Å². The van der Waals surface area contributed by atoms with Gasteiger partial charge in [-0.1, -0.05) is 6.92 Å². The highest BCUT2D eigenvalue weighted by Crippen LogP contribution is 2.38. The molecule has 2 unspecified atom stereocenters. The predicted octanol–water partition coefficient (Wildman–Crippen LogP) is 2.43. The first-order valence-corrected chi connectivity index (χ1v) is 6.42. The number of nitrogens with two attached hydrogens (primary N) is 1. The van der Waals surface area contributed by atoms with Gasteiger partial charge in [0.1, 0.15) is 0 Å². The van der Waals surface area contributed by atoms with E-state index in [4.69, 9.17) is 15.2 Å². The molecule has 0 radical (unpaired) electrons. The molecule has 1 aliphatic carbocycles. The number of hydrogen-bond donors (Lipinski definition) is 1. The van der Waals surface area contributed by atoms with Crippen LogP contribution in [0.2, 0.25) is 0 Å². The third-order valence-corrected chi connectivity index (χ3v) is 3.61. The maximum atomic E-state index is 6.15. The smallest absolute Gasteiger partial charge is 0.161 e. The van der Waals surface area contributed by atoms with Gasteiger partial charge in [0.25, 0.3) is 0 Å². The Morgan fingerprint density at radius 2 is 1.88 bits per heavy atom. The molecule has 2 atom stereocenters. The summed E-state index contributed by atoms with van der Waals surface area (Å²) in [6.45, 7) is 3.59. The van der Waals surface area contributed by atoms with Gasteiger partial charge in [-0.3, -0.25) is 0 Å². The molecule has 1 aromatic carbocycles. The first-order valence-electron chi connectivity index (χ1n) is 6.42. The lowest BCUT2D eigenvalue weighted by Gasteiger charge is -2.23. The Kier molecular flexibility index (Phi) is 2.71. The van der Waals surface area contributed by atoms with E-state index in [0.29, 0.717) is 5.92 Å². The number of rotatable bonds is 0. The van der Waals surface area contributed by atoms with Gasteiger partial charge >= 0.3 is 0 Å². The number of benzene rings is 1. The first-order chi connectivity index (χ1) is 8.24. The molecule has 0 spiro atoms. The van der Waals surface area contributed by atoms with Crippen molar-refractivity contribution in [1.29, 1.82) is 0 Å². The van der Waals surface area contributed by atoms with E-state index in [2.05, 4.69) is 19.1 Å². The van der Waals surface area contributed by atoms with E-state index in [9.17, 15) is 0 Å². The summed E-state index contributed by atoms with van der Waals surface area (Å²) in [5.41, 5.74) is 8.73. The monoisotopic (exact) mass is 233 g/mol.